The number of hydrogen-bond acceptors (Lipinski definition) is 3. The van der Waals surface area contributed by atoms with Gasteiger partial charge in [0, 0.05) is 22.6 Å². The predicted octanol–water partition coefficient (Wildman–Crippen LogP) is 7.59. The summed E-state index contributed by atoms with van der Waals surface area (Å²) in [6.07, 6.45) is 9.36. The fraction of sp³-hybridized carbons (Fsp3) is 0.161. The van der Waals surface area contributed by atoms with Crippen molar-refractivity contribution in [3.05, 3.63) is 133 Å². The minimum Gasteiger partial charge on any atom is -0.489 e. The van der Waals surface area contributed by atoms with Gasteiger partial charge in [-0.15, -0.1) is 0 Å². The Kier molecular flexibility index (Phi) is 9.36. The van der Waals surface area contributed by atoms with Gasteiger partial charge in [0.05, 0.1) is 0 Å². The molecule has 0 heterocycles. The molecule has 3 heteroatoms. The van der Waals surface area contributed by atoms with Crippen molar-refractivity contribution in [1.82, 2.24) is 0 Å². The summed E-state index contributed by atoms with van der Waals surface area (Å²) in [5.74, 6) is 2.24. The number of benzene rings is 3. The van der Waals surface area contributed by atoms with E-state index in [4.69, 9.17) is 14.2 Å². The molecular weight excluding hydrogens is 420 g/mol. The molecular formula is C31H32O3. The number of ether oxygens (including phenoxy) is 3. The SMILES string of the molecule is C=CCOc1ccccc1C(c1ccccc1OCC=C)c1cccc(OCC=C)c1C=CC. The van der Waals surface area contributed by atoms with Crippen LogP contribution in [0.2, 0.25) is 0 Å². The highest BCUT2D eigenvalue weighted by Gasteiger charge is 2.26. The van der Waals surface area contributed by atoms with Crippen molar-refractivity contribution >= 4 is 6.08 Å². The lowest BCUT2D eigenvalue weighted by Crippen LogP contribution is -2.11. The van der Waals surface area contributed by atoms with E-state index in [1.165, 1.54) is 0 Å². The Labute approximate surface area is 203 Å². The lowest BCUT2D eigenvalue weighted by Gasteiger charge is -2.26. The zero-order chi connectivity index (χ0) is 24.2. The minimum absolute atomic E-state index is 0.166. The van der Waals surface area contributed by atoms with Gasteiger partial charge in [-0.3, -0.25) is 0 Å². The second-order valence-electron chi connectivity index (χ2n) is 7.57. The van der Waals surface area contributed by atoms with E-state index in [-0.39, 0.29) is 5.92 Å². The maximum Gasteiger partial charge on any atom is 0.127 e. The van der Waals surface area contributed by atoms with Crippen molar-refractivity contribution in [2.75, 3.05) is 19.8 Å². The van der Waals surface area contributed by atoms with Crippen LogP contribution in [-0.4, -0.2) is 19.8 Å². The molecule has 0 unspecified atom stereocenters. The fourth-order valence-electron chi connectivity index (χ4n) is 3.93. The van der Waals surface area contributed by atoms with Gasteiger partial charge in [-0.25, -0.2) is 0 Å². The number of hydrogen-bond donors (Lipinski definition) is 0. The van der Waals surface area contributed by atoms with Crippen molar-refractivity contribution in [3.8, 4) is 17.2 Å². The molecule has 34 heavy (non-hydrogen) atoms. The van der Waals surface area contributed by atoms with Gasteiger partial charge in [-0.05, 0) is 30.7 Å². The van der Waals surface area contributed by atoms with Crippen LogP contribution in [0, 0.1) is 0 Å². The van der Waals surface area contributed by atoms with Crippen molar-refractivity contribution in [2.45, 2.75) is 12.8 Å². The Morgan fingerprint density at radius 3 is 1.56 bits per heavy atom. The van der Waals surface area contributed by atoms with Crippen molar-refractivity contribution < 1.29 is 14.2 Å². The average molecular weight is 453 g/mol. The van der Waals surface area contributed by atoms with Crippen molar-refractivity contribution in [2.24, 2.45) is 0 Å². The smallest absolute Gasteiger partial charge is 0.127 e. The molecule has 0 aliphatic carbocycles. The van der Waals surface area contributed by atoms with Crippen LogP contribution in [0.25, 0.3) is 6.08 Å². The molecule has 0 radical (unpaired) electrons. The third-order valence-electron chi connectivity index (χ3n) is 5.27. The van der Waals surface area contributed by atoms with Crippen LogP contribution in [0.3, 0.4) is 0 Å². The van der Waals surface area contributed by atoms with Gasteiger partial charge in [0.2, 0.25) is 0 Å². The molecule has 174 valence electrons. The molecule has 3 aromatic carbocycles. The topological polar surface area (TPSA) is 27.7 Å². The van der Waals surface area contributed by atoms with Crippen LogP contribution >= 0.6 is 0 Å². The van der Waals surface area contributed by atoms with Crippen LogP contribution in [0.1, 0.15) is 35.1 Å². The number of para-hydroxylation sites is 2. The minimum atomic E-state index is -0.166. The van der Waals surface area contributed by atoms with E-state index in [1.807, 2.05) is 61.5 Å². The molecule has 0 saturated heterocycles. The summed E-state index contributed by atoms with van der Waals surface area (Å²) in [5.41, 5.74) is 4.16. The van der Waals surface area contributed by atoms with E-state index < -0.39 is 0 Å². The molecule has 0 fully saturated rings. The summed E-state index contributed by atoms with van der Waals surface area (Å²) in [6.45, 7) is 14.7. The first-order chi connectivity index (χ1) is 16.7. The third-order valence-corrected chi connectivity index (χ3v) is 5.27. The zero-order valence-corrected chi connectivity index (χ0v) is 19.8. The maximum absolute atomic E-state index is 6.09. The molecule has 0 aromatic heterocycles. The molecule has 0 atom stereocenters. The van der Waals surface area contributed by atoms with Crippen LogP contribution in [0.15, 0.2) is 111 Å². The Morgan fingerprint density at radius 1 is 0.618 bits per heavy atom. The molecule has 0 bridgehead atoms. The Hall–Kier alpha value is -3.98. The molecule has 0 aliphatic rings. The molecule has 3 rings (SSSR count). The van der Waals surface area contributed by atoms with Gasteiger partial charge in [-0.2, -0.15) is 0 Å². The summed E-state index contributed by atoms with van der Waals surface area (Å²) < 4.78 is 18.2. The van der Waals surface area contributed by atoms with Gasteiger partial charge in [0.1, 0.15) is 37.1 Å². The van der Waals surface area contributed by atoms with Gasteiger partial charge in [-0.1, -0.05) is 98.6 Å². The normalized spacial score (nSPS) is 10.8. The molecule has 0 saturated carbocycles. The second-order valence-corrected chi connectivity index (χ2v) is 7.57. The number of allylic oxidation sites excluding steroid dienone is 1. The molecule has 0 N–H and O–H groups in total. The zero-order valence-electron chi connectivity index (χ0n) is 19.8. The van der Waals surface area contributed by atoms with Gasteiger partial charge in [0.15, 0.2) is 0 Å². The van der Waals surface area contributed by atoms with E-state index in [2.05, 4.69) is 44.0 Å². The molecule has 0 amide bonds. The third kappa shape index (κ3) is 5.87. The fourth-order valence-corrected chi connectivity index (χ4v) is 3.93. The highest BCUT2D eigenvalue weighted by atomic mass is 16.5. The lowest BCUT2D eigenvalue weighted by molar-refractivity contribution is 0.352. The highest BCUT2D eigenvalue weighted by Crippen LogP contribution is 2.44. The van der Waals surface area contributed by atoms with Crippen LogP contribution < -0.4 is 14.2 Å². The summed E-state index contributed by atoms with van der Waals surface area (Å²) >= 11 is 0. The van der Waals surface area contributed by atoms with Crippen LogP contribution in [0.4, 0.5) is 0 Å². The summed E-state index contributed by atoms with van der Waals surface area (Å²) in [6, 6.07) is 22.4. The summed E-state index contributed by atoms with van der Waals surface area (Å²) in [5, 5.41) is 0. The highest BCUT2D eigenvalue weighted by molar-refractivity contribution is 5.66. The predicted molar refractivity (Wildman–Crippen MR) is 142 cm³/mol. The summed E-state index contributed by atoms with van der Waals surface area (Å²) in [7, 11) is 0. The first-order valence-corrected chi connectivity index (χ1v) is 11.4. The molecule has 0 spiro atoms. The van der Waals surface area contributed by atoms with E-state index in [0.29, 0.717) is 19.8 Å². The number of rotatable bonds is 13. The van der Waals surface area contributed by atoms with Gasteiger partial charge in [0.25, 0.3) is 0 Å². The van der Waals surface area contributed by atoms with Gasteiger partial charge >= 0.3 is 0 Å². The molecule has 0 aliphatic heterocycles. The maximum atomic E-state index is 6.09. The Morgan fingerprint density at radius 2 is 1.06 bits per heavy atom. The first-order valence-electron chi connectivity index (χ1n) is 11.4. The van der Waals surface area contributed by atoms with E-state index in [9.17, 15) is 0 Å². The van der Waals surface area contributed by atoms with E-state index in [0.717, 1.165) is 39.5 Å². The van der Waals surface area contributed by atoms with E-state index in [1.54, 1.807) is 18.2 Å². The van der Waals surface area contributed by atoms with Crippen LogP contribution in [0.5, 0.6) is 17.2 Å². The Bertz CT molecular complexity index is 1090. The second kappa shape index (κ2) is 12.9. The summed E-state index contributed by atoms with van der Waals surface area (Å²) in [4.78, 5) is 0. The Balaban J connectivity index is 2.30. The van der Waals surface area contributed by atoms with Gasteiger partial charge < -0.3 is 14.2 Å². The van der Waals surface area contributed by atoms with Crippen LogP contribution in [-0.2, 0) is 0 Å². The quantitative estimate of drug-likeness (QED) is 0.197. The first kappa shape index (κ1) is 24.7. The monoisotopic (exact) mass is 452 g/mol. The standard InChI is InChI=1S/C31H32O3/c1-5-14-24-25(17-13-20-28(24)32-21-6-2)31(26-15-9-11-18-29(26)33-22-7-3)27-16-10-12-19-30(27)34-23-8-4/h5-20,31H,2-4,21-23H2,1H3. The molecule has 3 aromatic rings. The average Bonchev–Trinajstić information content (AvgIpc) is 2.87. The molecule has 3 nitrogen and oxygen atoms in total. The van der Waals surface area contributed by atoms with Crippen molar-refractivity contribution in [3.63, 3.8) is 0 Å². The van der Waals surface area contributed by atoms with E-state index >= 15 is 0 Å². The largest absolute Gasteiger partial charge is 0.489 e. The van der Waals surface area contributed by atoms with Crippen molar-refractivity contribution in [1.29, 1.82) is 0 Å². The lowest BCUT2D eigenvalue weighted by atomic mass is 9.81.